The zero-order valence-electron chi connectivity index (χ0n) is 17.6. The lowest BCUT2D eigenvalue weighted by molar-refractivity contribution is -0.143. The number of pyridine rings is 1. The number of rotatable bonds is 5. The van der Waals surface area contributed by atoms with Crippen molar-refractivity contribution in [1.29, 1.82) is 0 Å². The monoisotopic (exact) mass is 489 g/mol. The second-order valence-electron chi connectivity index (χ2n) is 8.31. The molecule has 3 heterocycles. The Morgan fingerprint density at radius 3 is 2.28 bits per heavy atom. The fourth-order valence-corrected chi connectivity index (χ4v) is 4.79. The van der Waals surface area contributed by atoms with Crippen LogP contribution in [0.3, 0.4) is 0 Å². The van der Waals surface area contributed by atoms with Crippen LogP contribution in [0.15, 0.2) is 77.4 Å². The highest BCUT2D eigenvalue weighted by Gasteiger charge is 2.26. The topological polar surface area (TPSA) is 57.8 Å². The lowest BCUT2D eigenvalue weighted by atomic mass is 9.97. The Morgan fingerprint density at radius 1 is 0.938 bits per heavy atom. The second kappa shape index (κ2) is 8.88. The van der Waals surface area contributed by atoms with Gasteiger partial charge in [0.1, 0.15) is 5.65 Å². The largest absolute Gasteiger partial charge is 0.481 e. The third-order valence-electron chi connectivity index (χ3n) is 6.26. The van der Waals surface area contributed by atoms with Crippen molar-refractivity contribution in [2.75, 3.05) is 13.1 Å². The summed E-state index contributed by atoms with van der Waals surface area (Å²) < 4.78 is 3.15. The second-order valence-corrected chi connectivity index (χ2v) is 9.23. The Balaban J connectivity index is 1.48. The zero-order valence-corrected chi connectivity index (χ0v) is 19.2. The van der Waals surface area contributed by atoms with Crippen LogP contribution in [0.2, 0.25) is 0 Å². The Hall–Kier alpha value is -2.96. The molecule has 1 N–H and O–H groups in total. The minimum absolute atomic E-state index is 0.229. The van der Waals surface area contributed by atoms with Crippen LogP contribution < -0.4 is 0 Å². The average molecular weight is 490 g/mol. The van der Waals surface area contributed by atoms with Crippen molar-refractivity contribution in [2.24, 2.45) is 5.92 Å². The molecule has 1 aliphatic heterocycles. The molecule has 0 atom stereocenters. The van der Waals surface area contributed by atoms with E-state index in [1.54, 1.807) is 0 Å². The molecule has 0 amide bonds. The van der Waals surface area contributed by atoms with Crippen molar-refractivity contribution < 1.29 is 9.90 Å². The predicted octanol–water partition coefficient (Wildman–Crippen LogP) is 5.73. The van der Waals surface area contributed by atoms with E-state index in [0.717, 1.165) is 46.7 Å². The van der Waals surface area contributed by atoms with E-state index >= 15 is 0 Å². The number of aliphatic carboxylic acids is 1. The molecule has 2 aromatic heterocycles. The van der Waals surface area contributed by atoms with E-state index in [-0.39, 0.29) is 5.92 Å². The third kappa shape index (κ3) is 4.20. The molecule has 1 fully saturated rings. The molecule has 0 bridgehead atoms. The Kier molecular flexibility index (Phi) is 5.81. The van der Waals surface area contributed by atoms with E-state index in [0.29, 0.717) is 12.8 Å². The number of carboxylic acid groups (broad SMARTS) is 1. The highest BCUT2D eigenvalue weighted by molar-refractivity contribution is 9.10. The van der Waals surface area contributed by atoms with E-state index in [1.807, 2.05) is 18.2 Å². The molecule has 0 aliphatic carbocycles. The minimum atomic E-state index is -0.678. The van der Waals surface area contributed by atoms with Crippen LogP contribution in [0.5, 0.6) is 0 Å². The molecule has 0 saturated carbocycles. The Bertz CT molecular complexity index is 1240. The van der Waals surface area contributed by atoms with Gasteiger partial charge in [-0.25, -0.2) is 4.98 Å². The lowest BCUT2D eigenvalue weighted by Gasteiger charge is -2.30. The van der Waals surface area contributed by atoms with Crippen LogP contribution in [-0.4, -0.2) is 38.4 Å². The molecule has 0 unspecified atom stereocenters. The number of carboxylic acids is 1. The molecule has 1 saturated heterocycles. The zero-order chi connectivity index (χ0) is 22.1. The van der Waals surface area contributed by atoms with Crippen LogP contribution in [-0.2, 0) is 11.3 Å². The quantitative estimate of drug-likeness (QED) is 0.389. The number of aromatic nitrogens is 2. The van der Waals surface area contributed by atoms with Crippen molar-refractivity contribution in [3.8, 4) is 22.4 Å². The maximum Gasteiger partial charge on any atom is 0.306 e. The predicted molar refractivity (Wildman–Crippen MR) is 129 cm³/mol. The number of fused-ring (bicyclic) bond motifs is 1. The molecule has 32 heavy (non-hydrogen) atoms. The van der Waals surface area contributed by atoms with Crippen LogP contribution in [0.25, 0.3) is 28.0 Å². The summed E-state index contributed by atoms with van der Waals surface area (Å²) in [5.41, 5.74) is 6.47. The summed E-state index contributed by atoms with van der Waals surface area (Å²) in [6.45, 7) is 2.30. The number of hydrogen-bond acceptors (Lipinski definition) is 3. The van der Waals surface area contributed by atoms with Gasteiger partial charge in [-0.2, -0.15) is 0 Å². The van der Waals surface area contributed by atoms with Crippen molar-refractivity contribution in [2.45, 2.75) is 19.4 Å². The van der Waals surface area contributed by atoms with Gasteiger partial charge in [0.2, 0.25) is 0 Å². The maximum absolute atomic E-state index is 11.3. The van der Waals surface area contributed by atoms with E-state index in [1.165, 1.54) is 11.1 Å². The summed E-state index contributed by atoms with van der Waals surface area (Å²) in [5, 5.41) is 9.31. The van der Waals surface area contributed by atoms with Gasteiger partial charge in [0.05, 0.1) is 17.3 Å². The number of likely N-dealkylation sites (tertiary alicyclic amines) is 1. The van der Waals surface area contributed by atoms with Gasteiger partial charge < -0.3 is 9.51 Å². The maximum atomic E-state index is 11.3. The van der Waals surface area contributed by atoms with Gasteiger partial charge in [0.15, 0.2) is 0 Å². The smallest absolute Gasteiger partial charge is 0.306 e. The summed E-state index contributed by atoms with van der Waals surface area (Å²) in [7, 11) is 0. The molecule has 0 spiro atoms. The summed E-state index contributed by atoms with van der Waals surface area (Å²) in [6, 6.07) is 23.0. The molecular weight excluding hydrogens is 466 g/mol. The number of hydrogen-bond donors (Lipinski definition) is 1. The van der Waals surface area contributed by atoms with Gasteiger partial charge in [-0.05, 0) is 65.1 Å². The average Bonchev–Trinajstić information content (AvgIpc) is 3.17. The first-order valence-electron chi connectivity index (χ1n) is 10.9. The van der Waals surface area contributed by atoms with Crippen LogP contribution in [0, 0.1) is 5.92 Å². The standard InChI is InChI=1S/C26H24BrN3O2/c27-22-10-11-24-28-25(20-8-6-19(7-9-20)18-4-2-1-3-5-18)23(30(24)16-22)17-29-14-12-21(13-15-29)26(31)32/h1-11,16,21H,12-15,17H2,(H,31,32). The fourth-order valence-electron chi connectivity index (χ4n) is 4.45. The van der Waals surface area contributed by atoms with E-state index < -0.39 is 5.97 Å². The van der Waals surface area contributed by atoms with Gasteiger partial charge in [-0.3, -0.25) is 9.69 Å². The minimum Gasteiger partial charge on any atom is -0.481 e. The molecule has 2 aromatic carbocycles. The highest BCUT2D eigenvalue weighted by Crippen LogP contribution is 2.30. The van der Waals surface area contributed by atoms with Gasteiger partial charge in [-0.1, -0.05) is 54.6 Å². The van der Waals surface area contributed by atoms with E-state index in [2.05, 4.69) is 80.0 Å². The van der Waals surface area contributed by atoms with E-state index in [4.69, 9.17) is 4.98 Å². The number of halogens is 1. The first-order valence-corrected chi connectivity index (χ1v) is 11.7. The van der Waals surface area contributed by atoms with Crippen LogP contribution in [0.4, 0.5) is 0 Å². The van der Waals surface area contributed by atoms with Crippen molar-refractivity contribution in [3.63, 3.8) is 0 Å². The molecular formula is C26H24BrN3O2. The van der Waals surface area contributed by atoms with Crippen LogP contribution in [0.1, 0.15) is 18.5 Å². The van der Waals surface area contributed by atoms with Gasteiger partial charge >= 0.3 is 5.97 Å². The fraction of sp³-hybridized carbons (Fsp3) is 0.231. The summed E-state index contributed by atoms with van der Waals surface area (Å²) in [5.74, 6) is -0.907. The molecule has 1 aliphatic rings. The third-order valence-corrected chi connectivity index (χ3v) is 6.73. The van der Waals surface area contributed by atoms with Crippen LogP contribution >= 0.6 is 15.9 Å². The van der Waals surface area contributed by atoms with Crippen molar-refractivity contribution in [3.05, 3.63) is 83.1 Å². The summed E-state index contributed by atoms with van der Waals surface area (Å²) in [4.78, 5) is 18.6. The number of carbonyl (C=O) groups is 1. The molecule has 5 nitrogen and oxygen atoms in total. The Labute approximate surface area is 195 Å². The Morgan fingerprint density at radius 2 is 1.59 bits per heavy atom. The van der Waals surface area contributed by atoms with E-state index in [9.17, 15) is 9.90 Å². The normalized spacial score (nSPS) is 15.3. The number of piperidine rings is 1. The molecule has 0 radical (unpaired) electrons. The summed E-state index contributed by atoms with van der Waals surface area (Å²) in [6.07, 6.45) is 3.44. The first-order chi connectivity index (χ1) is 15.6. The lowest BCUT2D eigenvalue weighted by Crippen LogP contribution is -2.36. The van der Waals surface area contributed by atoms with Gasteiger partial charge in [0, 0.05) is 22.8 Å². The van der Waals surface area contributed by atoms with Crippen molar-refractivity contribution >= 4 is 27.5 Å². The molecule has 162 valence electrons. The molecule has 6 heteroatoms. The highest BCUT2D eigenvalue weighted by atomic mass is 79.9. The number of imidazole rings is 1. The number of benzene rings is 2. The first kappa shape index (κ1) is 20.9. The molecule has 5 rings (SSSR count). The SMILES string of the molecule is O=C(O)C1CCN(Cc2c(-c3ccc(-c4ccccc4)cc3)nc3ccc(Br)cn23)CC1. The van der Waals surface area contributed by atoms with Gasteiger partial charge in [-0.15, -0.1) is 0 Å². The van der Waals surface area contributed by atoms with Crippen molar-refractivity contribution in [1.82, 2.24) is 14.3 Å². The van der Waals surface area contributed by atoms with Gasteiger partial charge in [0.25, 0.3) is 0 Å². The molecule has 4 aromatic rings. The number of nitrogens with zero attached hydrogens (tertiary/aromatic N) is 3. The summed E-state index contributed by atoms with van der Waals surface area (Å²) >= 11 is 3.59.